The third kappa shape index (κ3) is 1.23. The van der Waals surface area contributed by atoms with Crippen molar-refractivity contribution in [3.05, 3.63) is 23.8 Å². The molecule has 0 saturated carbocycles. The number of thioether (sulfide) groups is 1. The van der Waals surface area contributed by atoms with E-state index >= 15 is 0 Å². The topological polar surface area (TPSA) is 15.6 Å². The number of benzene rings is 1. The van der Waals surface area contributed by atoms with Gasteiger partial charge in [-0.3, -0.25) is 4.99 Å². The van der Waals surface area contributed by atoms with Crippen molar-refractivity contribution >= 4 is 23.7 Å². The second-order valence-electron chi connectivity index (χ2n) is 3.61. The first kappa shape index (κ1) is 8.36. The number of anilines is 1. The summed E-state index contributed by atoms with van der Waals surface area (Å²) in [7, 11) is 0. The van der Waals surface area contributed by atoms with Crippen molar-refractivity contribution in [3.63, 3.8) is 0 Å². The van der Waals surface area contributed by atoms with E-state index in [0.29, 0.717) is 0 Å². The van der Waals surface area contributed by atoms with Crippen LogP contribution < -0.4 is 4.90 Å². The van der Waals surface area contributed by atoms with Crippen LogP contribution in [-0.2, 0) is 0 Å². The van der Waals surface area contributed by atoms with E-state index in [2.05, 4.69) is 28.1 Å². The van der Waals surface area contributed by atoms with E-state index in [1.165, 1.54) is 28.3 Å². The van der Waals surface area contributed by atoms with Gasteiger partial charge in [-0.05, 0) is 18.2 Å². The van der Waals surface area contributed by atoms with Gasteiger partial charge in [0, 0.05) is 23.2 Å². The lowest BCUT2D eigenvalue weighted by Gasteiger charge is -2.27. The van der Waals surface area contributed by atoms with Crippen molar-refractivity contribution in [1.82, 2.24) is 0 Å². The summed E-state index contributed by atoms with van der Waals surface area (Å²) < 4.78 is 0. The highest BCUT2D eigenvalue weighted by atomic mass is 32.2. The molecule has 2 aliphatic rings. The van der Waals surface area contributed by atoms with Gasteiger partial charge < -0.3 is 4.90 Å². The van der Waals surface area contributed by atoms with Gasteiger partial charge in [0.15, 0.2) is 0 Å². The van der Waals surface area contributed by atoms with E-state index < -0.39 is 0 Å². The summed E-state index contributed by atoms with van der Waals surface area (Å²) in [4.78, 5) is 8.19. The fourth-order valence-corrected chi connectivity index (χ4v) is 3.08. The molecular formula is C11H12N2S. The molecule has 2 heterocycles. The third-order valence-electron chi connectivity index (χ3n) is 2.66. The molecule has 0 unspecified atom stereocenters. The zero-order valence-electron chi connectivity index (χ0n) is 7.94. The zero-order chi connectivity index (χ0) is 9.38. The minimum absolute atomic E-state index is 0.838. The molecule has 0 atom stereocenters. The Morgan fingerprint density at radius 3 is 3.36 bits per heavy atom. The van der Waals surface area contributed by atoms with E-state index in [1.807, 2.05) is 18.0 Å². The molecule has 0 radical (unpaired) electrons. The summed E-state index contributed by atoms with van der Waals surface area (Å²) in [5.41, 5.74) is 2.69. The standard InChI is InChI=1S/C11H12N2S/c1-3-9-7-12-8-13-5-2-6-14-10(4-1)11(9)13/h1,3-4,7H,2,5-6,8H2. The van der Waals surface area contributed by atoms with Crippen LogP contribution in [0.2, 0.25) is 0 Å². The average molecular weight is 204 g/mol. The fourth-order valence-electron chi connectivity index (χ4n) is 2.03. The van der Waals surface area contributed by atoms with Gasteiger partial charge in [-0.2, -0.15) is 0 Å². The summed E-state index contributed by atoms with van der Waals surface area (Å²) in [5.74, 6) is 1.23. The molecule has 0 aliphatic carbocycles. The predicted octanol–water partition coefficient (Wildman–Crippen LogP) is 2.38. The largest absolute Gasteiger partial charge is 0.351 e. The van der Waals surface area contributed by atoms with Crippen molar-refractivity contribution in [2.75, 3.05) is 23.9 Å². The second-order valence-corrected chi connectivity index (χ2v) is 4.75. The maximum Gasteiger partial charge on any atom is 0.110 e. The number of rotatable bonds is 0. The van der Waals surface area contributed by atoms with Gasteiger partial charge in [-0.1, -0.05) is 12.1 Å². The van der Waals surface area contributed by atoms with Crippen LogP contribution in [-0.4, -0.2) is 25.2 Å². The van der Waals surface area contributed by atoms with Gasteiger partial charge in [0.05, 0.1) is 5.69 Å². The number of aliphatic imine (C=N–C) groups is 1. The quantitative estimate of drug-likeness (QED) is 0.645. The summed E-state index contributed by atoms with van der Waals surface area (Å²) in [6, 6.07) is 6.50. The Bertz CT molecular complexity index is 387. The Kier molecular flexibility index (Phi) is 1.98. The summed E-state index contributed by atoms with van der Waals surface area (Å²) in [6.45, 7) is 1.99. The first-order valence-electron chi connectivity index (χ1n) is 4.96. The van der Waals surface area contributed by atoms with Gasteiger partial charge in [0.25, 0.3) is 0 Å². The summed E-state index contributed by atoms with van der Waals surface area (Å²) in [6.07, 6.45) is 3.26. The second kappa shape index (κ2) is 3.31. The molecule has 0 amide bonds. The minimum atomic E-state index is 0.838. The molecule has 2 nitrogen and oxygen atoms in total. The molecule has 14 heavy (non-hydrogen) atoms. The smallest absolute Gasteiger partial charge is 0.110 e. The third-order valence-corrected chi connectivity index (χ3v) is 3.79. The molecule has 0 bridgehead atoms. The lowest BCUT2D eigenvalue weighted by molar-refractivity contribution is 0.777. The van der Waals surface area contributed by atoms with Gasteiger partial charge in [-0.25, -0.2) is 0 Å². The van der Waals surface area contributed by atoms with E-state index in [4.69, 9.17) is 0 Å². The molecule has 3 rings (SSSR count). The van der Waals surface area contributed by atoms with Crippen molar-refractivity contribution < 1.29 is 0 Å². The number of hydrogen-bond acceptors (Lipinski definition) is 3. The molecular weight excluding hydrogens is 192 g/mol. The lowest BCUT2D eigenvalue weighted by atomic mass is 10.1. The minimum Gasteiger partial charge on any atom is -0.351 e. The monoisotopic (exact) mass is 204 g/mol. The highest BCUT2D eigenvalue weighted by Crippen LogP contribution is 2.36. The average Bonchev–Trinajstić information content (AvgIpc) is 2.44. The highest BCUT2D eigenvalue weighted by molar-refractivity contribution is 7.99. The maximum absolute atomic E-state index is 4.38. The molecule has 3 heteroatoms. The Morgan fingerprint density at radius 2 is 2.36 bits per heavy atom. The SMILES string of the molecule is C1=NCN2CCCSc3cccc1c32. The van der Waals surface area contributed by atoms with Crippen LogP contribution in [0.3, 0.4) is 0 Å². The predicted molar refractivity (Wildman–Crippen MR) is 61.6 cm³/mol. The number of hydrogen-bond donors (Lipinski definition) is 0. The van der Waals surface area contributed by atoms with Crippen LogP contribution >= 0.6 is 11.8 Å². The maximum atomic E-state index is 4.38. The Labute approximate surface area is 88.0 Å². The first-order valence-corrected chi connectivity index (χ1v) is 5.94. The van der Waals surface area contributed by atoms with E-state index in [9.17, 15) is 0 Å². The van der Waals surface area contributed by atoms with Crippen LogP contribution in [0.4, 0.5) is 5.69 Å². The first-order chi connectivity index (χ1) is 6.95. The molecule has 0 saturated heterocycles. The molecule has 0 spiro atoms. The van der Waals surface area contributed by atoms with Gasteiger partial charge in [0.2, 0.25) is 0 Å². The van der Waals surface area contributed by atoms with Crippen molar-refractivity contribution in [3.8, 4) is 0 Å². The number of nitrogens with zero attached hydrogens (tertiary/aromatic N) is 2. The molecule has 72 valence electrons. The van der Waals surface area contributed by atoms with Crippen molar-refractivity contribution in [2.45, 2.75) is 11.3 Å². The molecule has 0 fully saturated rings. The molecule has 1 aromatic carbocycles. The fraction of sp³-hybridized carbons (Fsp3) is 0.364. The Hall–Kier alpha value is -0.960. The molecule has 2 aliphatic heterocycles. The van der Waals surface area contributed by atoms with E-state index in [-0.39, 0.29) is 0 Å². The molecule has 0 aromatic heterocycles. The lowest BCUT2D eigenvalue weighted by Crippen LogP contribution is -2.27. The van der Waals surface area contributed by atoms with Crippen LogP contribution in [0.25, 0.3) is 0 Å². The summed E-state index contributed by atoms with van der Waals surface area (Å²) >= 11 is 1.97. The molecule has 1 aromatic rings. The zero-order valence-corrected chi connectivity index (χ0v) is 8.76. The van der Waals surface area contributed by atoms with Gasteiger partial charge >= 0.3 is 0 Å². The van der Waals surface area contributed by atoms with Gasteiger partial charge in [-0.15, -0.1) is 11.8 Å². The Morgan fingerprint density at radius 1 is 1.36 bits per heavy atom. The normalized spacial score (nSPS) is 19.0. The van der Waals surface area contributed by atoms with E-state index in [0.717, 1.165) is 13.2 Å². The molecule has 0 N–H and O–H groups in total. The van der Waals surface area contributed by atoms with Gasteiger partial charge in [0.1, 0.15) is 6.67 Å². The highest BCUT2D eigenvalue weighted by Gasteiger charge is 2.19. The Balaban J connectivity index is 2.19. The van der Waals surface area contributed by atoms with Crippen molar-refractivity contribution in [2.24, 2.45) is 4.99 Å². The van der Waals surface area contributed by atoms with E-state index in [1.54, 1.807) is 0 Å². The number of para-hydroxylation sites is 1. The van der Waals surface area contributed by atoms with Crippen LogP contribution in [0.15, 0.2) is 28.1 Å². The van der Waals surface area contributed by atoms with Crippen molar-refractivity contribution in [1.29, 1.82) is 0 Å². The summed E-state index contributed by atoms with van der Waals surface area (Å²) in [5, 5.41) is 0. The van der Waals surface area contributed by atoms with Crippen LogP contribution in [0, 0.1) is 0 Å². The van der Waals surface area contributed by atoms with Crippen LogP contribution in [0.1, 0.15) is 12.0 Å². The van der Waals surface area contributed by atoms with Crippen LogP contribution in [0.5, 0.6) is 0 Å².